The number of hydrogen-bond donors (Lipinski definition) is 1. The van der Waals surface area contributed by atoms with Crippen molar-refractivity contribution in [1.29, 1.82) is 0 Å². The van der Waals surface area contributed by atoms with Gasteiger partial charge in [0, 0.05) is 30.7 Å². The van der Waals surface area contributed by atoms with Crippen LogP contribution in [0.5, 0.6) is 0 Å². The van der Waals surface area contributed by atoms with Crippen molar-refractivity contribution >= 4 is 21.6 Å². The van der Waals surface area contributed by atoms with Crippen LogP contribution in [0.4, 0.5) is 18.9 Å². The Balaban J connectivity index is 1.84. The zero-order chi connectivity index (χ0) is 22.8. The van der Waals surface area contributed by atoms with Gasteiger partial charge in [-0.15, -0.1) is 0 Å². The lowest BCUT2D eigenvalue weighted by Gasteiger charge is -2.19. The number of halogens is 3. The number of hydrogen-bond acceptors (Lipinski definition) is 4. The predicted octanol–water partition coefficient (Wildman–Crippen LogP) is 3.80. The molecule has 0 bridgehead atoms. The number of carbonyl (C=O) groups excluding carboxylic acids is 1. The zero-order valence-electron chi connectivity index (χ0n) is 16.6. The molecule has 0 radical (unpaired) electrons. The Morgan fingerprint density at radius 2 is 1.87 bits per heavy atom. The number of alkyl halides is 2. The van der Waals surface area contributed by atoms with Gasteiger partial charge in [0.2, 0.25) is 0 Å². The van der Waals surface area contributed by atoms with Gasteiger partial charge in [0.1, 0.15) is 11.6 Å². The average Bonchev–Trinajstić information content (AvgIpc) is 3.17. The van der Waals surface area contributed by atoms with Crippen LogP contribution in [0.1, 0.15) is 28.3 Å². The fourth-order valence-corrected chi connectivity index (χ4v) is 3.95. The molecule has 0 atom stereocenters. The van der Waals surface area contributed by atoms with Crippen molar-refractivity contribution in [2.45, 2.75) is 24.9 Å². The first-order valence-electron chi connectivity index (χ1n) is 9.03. The van der Waals surface area contributed by atoms with Crippen molar-refractivity contribution in [2.24, 2.45) is 0 Å². The maximum Gasteiger partial charge on any atom is 0.319 e. The standard InChI is InChI=1S/C20H19F3N4O3S/c1-13-3-8-16(31(29,30)25-15-6-4-14(21)5-7-15)11-17(13)19(28)26(2)12-18-24-9-10-27(18)20(22)23/h3-11,20,25H,12H2,1-2H3. The van der Waals surface area contributed by atoms with Crippen LogP contribution in [0.2, 0.25) is 0 Å². The fourth-order valence-electron chi connectivity index (χ4n) is 2.86. The molecule has 0 saturated heterocycles. The highest BCUT2D eigenvalue weighted by Gasteiger charge is 2.22. The molecule has 1 N–H and O–H groups in total. The Kier molecular flexibility index (Phi) is 6.34. The minimum atomic E-state index is -4.05. The number of amides is 1. The SMILES string of the molecule is Cc1ccc(S(=O)(=O)Nc2ccc(F)cc2)cc1C(=O)N(C)Cc1nccn1C(F)F. The summed E-state index contributed by atoms with van der Waals surface area (Å²) in [6, 6.07) is 8.78. The first kappa shape index (κ1) is 22.3. The molecular formula is C20H19F3N4O3S. The van der Waals surface area contributed by atoms with Gasteiger partial charge in [-0.05, 0) is 48.9 Å². The largest absolute Gasteiger partial charge is 0.334 e. The normalized spacial score (nSPS) is 11.5. The lowest BCUT2D eigenvalue weighted by Crippen LogP contribution is -2.28. The first-order chi connectivity index (χ1) is 14.6. The molecule has 0 unspecified atom stereocenters. The predicted molar refractivity (Wildman–Crippen MR) is 108 cm³/mol. The van der Waals surface area contributed by atoms with E-state index in [1.807, 2.05) is 0 Å². The average molecular weight is 452 g/mol. The smallest absolute Gasteiger partial charge is 0.319 e. The molecule has 11 heteroatoms. The molecule has 2 aromatic carbocycles. The van der Waals surface area contributed by atoms with Crippen LogP contribution in [-0.2, 0) is 16.6 Å². The van der Waals surface area contributed by atoms with Crippen molar-refractivity contribution in [3.8, 4) is 0 Å². The third-order valence-electron chi connectivity index (χ3n) is 4.53. The van der Waals surface area contributed by atoms with Gasteiger partial charge in [-0.25, -0.2) is 17.8 Å². The highest BCUT2D eigenvalue weighted by molar-refractivity contribution is 7.92. The third kappa shape index (κ3) is 5.05. The number of carbonyl (C=O) groups is 1. The van der Waals surface area contributed by atoms with Crippen molar-refractivity contribution in [2.75, 3.05) is 11.8 Å². The number of rotatable bonds is 7. The number of nitrogens with one attached hydrogen (secondary N) is 1. The van der Waals surface area contributed by atoms with E-state index in [1.165, 1.54) is 48.5 Å². The molecule has 0 aliphatic rings. The molecule has 31 heavy (non-hydrogen) atoms. The van der Waals surface area contributed by atoms with E-state index >= 15 is 0 Å². The summed E-state index contributed by atoms with van der Waals surface area (Å²) in [5.74, 6) is -1.08. The second-order valence-corrected chi connectivity index (χ2v) is 8.46. The van der Waals surface area contributed by atoms with Crippen LogP contribution in [0.3, 0.4) is 0 Å². The van der Waals surface area contributed by atoms with E-state index in [1.54, 1.807) is 6.92 Å². The highest BCUT2D eigenvalue weighted by Crippen LogP contribution is 2.21. The van der Waals surface area contributed by atoms with E-state index in [0.717, 1.165) is 18.3 Å². The Hall–Kier alpha value is -3.34. The Bertz CT molecular complexity index is 1190. The van der Waals surface area contributed by atoms with Gasteiger partial charge in [0.25, 0.3) is 15.9 Å². The number of aryl methyl sites for hydroxylation is 1. The van der Waals surface area contributed by atoms with Crippen molar-refractivity contribution < 1.29 is 26.4 Å². The molecule has 164 valence electrons. The summed E-state index contributed by atoms with van der Waals surface area (Å²) in [5, 5.41) is 0. The molecule has 0 spiro atoms. The van der Waals surface area contributed by atoms with Gasteiger partial charge in [-0.2, -0.15) is 8.78 Å². The first-order valence-corrected chi connectivity index (χ1v) is 10.5. The van der Waals surface area contributed by atoms with Gasteiger partial charge in [-0.1, -0.05) is 6.07 Å². The molecule has 1 heterocycles. The van der Waals surface area contributed by atoms with Gasteiger partial charge in [0.05, 0.1) is 11.4 Å². The van der Waals surface area contributed by atoms with Crippen molar-refractivity contribution in [3.63, 3.8) is 0 Å². The van der Waals surface area contributed by atoms with Crippen LogP contribution in [0, 0.1) is 12.7 Å². The molecule has 7 nitrogen and oxygen atoms in total. The fraction of sp³-hybridized carbons (Fsp3) is 0.200. The minimum absolute atomic E-state index is 0.00902. The maximum atomic E-state index is 13.0. The third-order valence-corrected chi connectivity index (χ3v) is 5.91. The quantitative estimate of drug-likeness (QED) is 0.591. The molecule has 3 rings (SSSR count). The summed E-state index contributed by atoms with van der Waals surface area (Å²) in [6.07, 6.45) is 2.32. The lowest BCUT2D eigenvalue weighted by atomic mass is 10.1. The van der Waals surface area contributed by atoms with Gasteiger partial charge >= 0.3 is 6.55 Å². The van der Waals surface area contributed by atoms with Gasteiger partial charge in [0.15, 0.2) is 0 Å². The van der Waals surface area contributed by atoms with Gasteiger partial charge in [-0.3, -0.25) is 14.1 Å². The number of aromatic nitrogens is 2. The van der Waals surface area contributed by atoms with Crippen LogP contribution in [0.15, 0.2) is 59.8 Å². The van der Waals surface area contributed by atoms with E-state index < -0.39 is 28.3 Å². The summed E-state index contributed by atoms with van der Waals surface area (Å²) in [5.41, 5.74) is 0.764. The summed E-state index contributed by atoms with van der Waals surface area (Å²) < 4.78 is 67.4. The van der Waals surface area contributed by atoms with E-state index in [0.29, 0.717) is 10.1 Å². The zero-order valence-corrected chi connectivity index (χ0v) is 17.4. The molecule has 0 aliphatic carbocycles. The monoisotopic (exact) mass is 452 g/mol. The van der Waals surface area contributed by atoms with Gasteiger partial charge < -0.3 is 4.90 Å². The molecular weight excluding hydrogens is 433 g/mol. The van der Waals surface area contributed by atoms with E-state index in [-0.39, 0.29) is 28.5 Å². The Morgan fingerprint density at radius 3 is 2.52 bits per heavy atom. The summed E-state index contributed by atoms with van der Waals surface area (Å²) in [6.45, 7) is -1.36. The van der Waals surface area contributed by atoms with Crippen molar-refractivity contribution in [1.82, 2.24) is 14.5 Å². The number of sulfonamides is 1. The maximum absolute atomic E-state index is 13.0. The molecule has 0 saturated carbocycles. The number of nitrogens with zero attached hydrogens (tertiary/aromatic N) is 3. The number of benzene rings is 2. The second kappa shape index (κ2) is 8.80. The van der Waals surface area contributed by atoms with Crippen molar-refractivity contribution in [3.05, 3.63) is 77.6 Å². The molecule has 0 fully saturated rings. The van der Waals surface area contributed by atoms with Crippen LogP contribution in [0.25, 0.3) is 0 Å². The summed E-state index contributed by atoms with van der Waals surface area (Å²) in [4.78, 5) is 17.7. The van der Waals surface area contributed by atoms with E-state index in [2.05, 4.69) is 9.71 Å². The lowest BCUT2D eigenvalue weighted by molar-refractivity contribution is 0.0612. The van der Waals surface area contributed by atoms with E-state index in [4.69, 9.17) is 0 Å². The molecule has 1 aromatic heterocycles. The van der Waals surface area contributed by atoms with Crippen LogP contribution < -0.4 is 4.72 Å². The Morgan fingerprint density at radius 1 is 1.19 bits per heavy atom. The summed E-state index contributed by atoms with van der Waals surface area (Å²) >= 11 is 0. The highest BCUT2D eigenvalue weighted by atomic mass is 32.2. The minimum Gasteiger partial charge on any atom is -0.334 e. The molecule has 0 aliphatic heterocycles. The number of anilines is 1. The topological polar surface area (TPSA) is 84.3 Å². The van der Waals surface area contributed by atoms with E-state index in [9.17, 15) is 26.4 Å². The van der Waals surface area contributed by atoms with Crippen LogP contribution in [-0.4, -0.2) is 35.8 Å². The second-order valence-electron chi connectivity index (χ2n) is 6.78. The summed E-state index contributed by atoms with van der Waals surface area (Å²) in [7, 11) is -2.64. The van der Waals surface area contributed by atoms with Crippen LogP contribution >= 0.6 is 0 Å². The Labute approximate surface area is 177 Å². The molecule has 3 aromatic rings. The molecule has 1 amide bonds. The number of imidazole rings is 1.